The minimum absolute atomic E-state index is 0.129. The summed E-state index contributed by atoms with van der Waals surface area (Å²) in [6.07, 6.45) is 1.63. The van der Waals surface area contributed by atoms with E-state index >= 15 is 0 Å². The molecule has 0 unspecified atom stereocenters. The zero-order chi connectivity index (χ0) is 23.1. The van der Waals surface area contributed by atoms with Gasteiger partial charge in [0.1, 0.15) is 11.6 Å². The highest BCUT2D eigenvalue weighted by Gasteiger charge is 2.28. The first kappa shape index (κ1) is 21.2. The lowest BCUT2D eigenvalue weighted by atomic mass is 9.89. The van der Waals surface area contributed by atoms with Gasteiger partial charge in [-0.15, -0.1) is 0 Å². The van der Waals surface area contributed by atoms with Crippen molar-refractivity contribution >= 4 is 16.9 Å². The summed E-state index contributed by atoms with van der Waals surface area (Å²) in [6, 6.07) is 17.1. The van der Waals surface area contributed by atoms with Crippen LogP contribution in [0.25, 0.3) is 27.7 Å². The molecule has 0 saturated carbocycles. The van der Waals surface area contributed by atoms with E-state index in [4.69, 9.17) is 4.74 Å². The topological polar surface area (TPSA) is 71.7 Å². The van der Waals surface area contributed by atoms with Crippen LogP contribution in [0.2, 0.25) is 0 Å². The van der Waals surface area contributed by atoms with Gasteiger partial charge in [0.15, 0.2) is 0 Å². The maximum atomic E-state index is 14.1. The average molecular weight is 445 g/mol. The number of fused-ring (bicyclic) bond motifs is 1. The molecule has 0 radical (unpaired) electrons. The molecule has 2 N–H and O–H groups in total. The lowest BCUT2D eigenvalue weighted by molar-refractivity contribution is 0.0697. The van der Waals surface area contributed by atoms with E-state index in [1.54, 1.807) is 43.3 Å². The number of benzene rings is 3. The van der Waals surface area contributed by atoms with Gasteiger partial charge in [0.05, 0.1) is 11.1 Å². The SMILES string of the molecule is Cc1cc(-n2c(C3CCOCC3)c(-c3cccc(C(=O)O)c3)c3cc(O)ccc32)ccc1F. The molecule has 1 aliphatic heterocycles. The van der Waals surface area contributed by atoms with Crippen LogP contribution in [-0.2, 0) is 4.74 Å². The van der Waals surface area contributed by atoms with Gasteiger partial charge < -0.3 is 19.5 Å². The predicted octanol–water partition coefficient (Wildman–Crippen LogP) is 6.04. The fraction of sp³-hybridized carbons (Fsp3) is 0.222. The molecule has 0 spiro atoms. The van der Waals surface area contributed by atoms with Gasteiger partial charge in [-0.05, 0) is 79.4 Å². The number of hydrogen-bond donors (Lipinski definition) is 2. The molecule has 2 heterocycles. The van der Waals surface area contributed by atoms with Crippen LogP contribution in [0.1, 0.15) is 40.4 Å². The van der Waals surface area contributed by atoms with Crippen molar-refractivity contribution in [3.63, 3.8) is 0 Å². The van der Waals surface area contributed by atoms with E-state index in [-0.39, 0.29) is 23.0 Å². The number of carboxylic acid groups (broad SMARTS) is 1. The first-order valence-electron chi connectivity index (χ1n) is 11.0. The number of aromatic nitrogens is 1. The number of nitrogens with zero attached hydrogens (tertiary/aromatic N) is 1. The molecule has 0 atom stereocenters. The Morgan fingerprint density at radius 2 is 1.85 bits per heavy atom. The number of aromatic hydroxyl groups is 1. The molecular weight excluding hydrogens is 421 g/mol. The number of hydrogen-bond acceptors (Lipinski definition) is 3. The molecule has 5 nitrogen and oxygen atoms in total. The van der Waals surface area contributed by atoms with Crippen molar-refractivity contribution in [3.05, 3.63) is 83.3 Å². The van der Waals surface area contributed by atoms with Gasteiger partial charge in [0.25, 0.3) is 0 Å². The monoisotopic (exact) mass is 445 g/mol. The highest BCUT2D eigenvalue weighted by Crippen LogP contribution is 2.44. The van der Waals surface area contributed by atoms with E-state index in [0.29, 0.717) is 18.8 Å². The second-order valence-corrected chi connectivity index (χ2v) is 8.50. The molecular formula is C27H24FNO4. The van der Waals surface area contributed by atoms with Gasteiger partial charge in [-0.25, -0.2) is 9.18 Å². The van der Waals surface area contributed by atoms with Gasteiger partial charge in [0, 0.05) is 41.5 Å². The summed E-state index contributed by atoms with van der Waals surface area (Å²) < 4.78 is 21.9. The van der Waals surface area contributed by atoms with E-state index in [1.165, 1.54) is 6.07 Å². The van der Waals surface area contributed by atoms with Crippen molar-refractivity contribution in [1.29, 1.82) is 0 Å². The van der Waals surface area contributed by atoms with Gasteiger partial charge in [-0.2, -0.15) is 0 Å². The van der Waals surface area contributed by atoms with Crippen LogP contribution in [0, 0.1) is 12.7 Å². The normalized spacial score (nSPS) is 14.6. The molecule has 4 aromatic rings. The molecule has 1 saturated heterocycles. The number of halogens is 1. The summed E-state index contributed by atoms with van der Waals surface area (Å²) in [5.74, 6) is -0.980. The van der Waals surface area contributed by atoms with Crippen LogP contribution in [-0.4, -0.2) is 34.0 Å². The highest BCUT2D eigenvalue weighted by molar-refractivity contribution is 6.01. The number of aromatic carboxylic acids is 1. The smallest absolute Gasteiger partial charge is 0.335 e. The third-order valence-electron chi connectivity index (χ3n) is 6.39. The van der Waals surface area contributed by atoms with Gasteiger partial charge in [-0.3, -0.25) is 0 Å². The van der Waals surface area contributed by atoms with Gasteiger partial charge in [0.2, 0.25) is 0 Å². The van der Waals surface area contributed by atoms with E-state index < -0.39 is 5.97 Å². The standard InChI is InChI=1S/C27H24FNO4/c1-16-13-20(5-7-23(16)28)29-24-8-6-21(30)15-22(24)25(26(29)17-9-11-33-12-10-17)18-3-2-4-19(14-18)27(31)32/h2-8,13-15,17,30H,9-12H2,1H3,(H,31,32). The number of carboxylic acids is 1. The number of phenols is 1. The van der Waals surface area contributed by atoms with Crippen molar-refractivity contribution in [1.82, 2.24) is 4.57 Å². The lowest BCUT2D eigenvalue weighted by Gasteiger charge is -2.26. The molecule has 168 valence electrons. The van der Waals surface area contributed by atoms with E-state index in [2.05, 4.69) is 4.57 Å². The maximum Gasteiger partial charge on any atom is 0.335 e. The molecule has 3 aromatic carbocycles. The minimum atomic E-state index is -0.995. The van der Waals surface area contributed by atoms with Crippen molar-refractivity contribution < 1.29 is 24.1 Å². The zero-order valence-electron chi connectivity index (χ0n) is 18.2. The second-order valence-electron chi connectivity index (χ2n) is 8.50. The zero-order valence-corrected chi connectivity index (χ0v) is 18.2. The molecule has 1 aromatic heterocycles. The van der Waals surface area contributed by atoms with Crippen molar-refractivity contribution in [2.45, 2.75) is 25.7 Å². The predicted molar refractivity (Wildman–Crippen MR) is 125 cm³/mol. The van der Waals surface area contributed by atoms with Gasteiger partial charge >= 0.3 is 5.97 Å². The van der Waals surface area contributed by atoms with E-state index in [0.717, 1.165) is 46.3 Å². The highest BCUT2D eigenvalue weighted by atomic mass is 19.1. The largest absolute Gasteiger partial charge is 0.508 e. The van der Waals surface area contributed by atoms with Crippen molar-refractivity contribution in [2.24, 2.45) is 0 Å². The Bertz CT molecular complexity index is 1370. The molecule has 33 heavy (non-hydrogen) atoms. The van der Waals surface area contributed by atoms with Gasteiger partial charge in [-0.1, -0.05) is 12.1 Å². The van der Waals surface area contributed by atoms with Crippen molar-refractivity contribution in [3.8, 4) is 22.6 Å². The Kier molecular flexibility index (Phi) is 5.38. The summed E-state index contributed by atoms with van der Waals surface area (Å²) in [5.41, 5.74) is 5.11. The summed E-state index contributed by atoms with van der Waals surface area (Å²) in [4.78, 5) is 11.7. The number of phenolic OH excluding ortho intramolecular Hbond substituents is 1. The quantitative estimate of drug-likeness (QED) is 0.402. The number of rotatable bonds is 4. The van der Waals surface area contributed by atoms with E-state index in [9.17, 15) is 19.4 Å². The van der Waals surface area contributed by atoms with E-state index in [1.807, 2.05) is 18.2 Å². The third kappa shape index (κ3) is 3.76. The minimum Gasteiger partial charge on any atom is -0.508 e. The Labute approximate surface area is 190 Å². The third-order valence-corrected chi connectivity index (χ3v) is 6.39. The number of carbonyl (C=O) groups is 1. The molecule has 1 fully saturated rings. The summed E-state index contributed by atoms with van der Waals surface area (Å²) >= 11 is 0. The van der Waals surface area contributed by atoms with Crippen LogP contribution in [0.15, 0.2) is 60.7 Å². The van der Waals surface area contributed by atoms with Crippen LogP contribution >= 0.6 is 0 Å². The van der Waals surface area contributed by atoms with Crippen molar-refractivity contribution in [2.75, 3.05) is 13.2 Å². The molecule has 6 heteroatoms. The molecule has 1 aliphatic rings. The summed E-state index contributed by atoms with van der Waals surface area (Å²) in [6.45, 7) is 3.00. The molecule has 0 aliphatic carbocycles. The second kappa shape index (κ2) is 8.37. The van der Waals surface area contributed by atoms with Crippen LogP contribution < -0.4 is 0 Å². The van der Waals surface area contributed by atoms with Crippen LogP contribution in [0.3, 0.4) is 0 Å². The molecule has 0 amide bonds. The maximum absolute atomic E-state index is 14.1. The Morgan fingerprint density at radius 3 is 2.58 bits per heavy atom. The molecule has 0 bridgehead atoms. The first-order valence-corrected chi connectivity index (χ1v) is 11.0. The summed E-state index contributed by atoms with van der Waals surface area (Å²) in [5, 5.41) is 20.7. The fourth-order valence-corrected chi connectivity index (χ4v) is 4.81. The Hall–Kier alpha value is -3.64. The Morgan fingerprint density at radius 1 is 1.06 bits per heavy atom. The molecule has 5 rings (SSSR count). The summed E-state index contributed by atoms with van der Waals surface area (Å²) in [7, 11) is 0. The van der Waals surface area contributed by atoms with Crippen LogP contribution in [0.5, 0.6) is 5.75 Å². The fourth-order valence-electron chi connectivity index (χ4n) is 4.81. The Balaban J connectivity index is 1.88. The lowest BCUT2D eigenvalue weighted by Crippen LogP contribution is -2.17. The van der Waals surface area contributed by atoms with Crippen LogP contribution in [0.4, 0.5) is 4.39 Å². The average Bonchev–Trinajstić information content (AvgIpc) is 3.15. The number of ether oxygens (including phenoxy) is 1. The first-order chi connectivity index (χ1) is 15.9. The number of aryl methyl sites for hydroxylation is 1.